The van der Waals surface area contributed by atoms with E-state index in [4.69, 9.17) is 4.18 Å². The van der Waals surface area contributed by atoms with E-state index in [-0.39, 0.29) is 5.75 Å². The first kappa shape index (κ1) is 15.0. The Morgan fingerprint density at radius 2 is 1.89 bits per heavy atom. The topological polar surface area (TPSA) is 43.4 Å². The summed E-state index contributed by atoms with van der Waals surface area (Å²) in [5.41, 5.74) is 2.11. The molecule has 0 fully saturated rings. The Bertz CT molecular complexity index is 478. The number of aryl methyl sites for hydroxylation is 2. The van der Waals surface area contributed by atoms with Gasteiger partial charge in [-0.1, -0.05) is 31.9 Å². The number of hydrogen-bond donors (Lipinski definition) is 0. The van der Waals surface area contributed by atoms with Gasteiger partial charge in [0.15, 0.2) is 0 Å². The van der Waals surface area contributed by atoms with Gasteiger partial charge in [-0.3, -0.25) is 0 Å². The van der Waals surface area contributed by atoms with E-state index in [1.165, 1.54) is 24.8 Å². The standard InChI is InChI=1S/C14H22O3S/c1-4-6-7-8-13-9-10-14(12(3)11-13)17-18(15,16)5-2/h9-11H,4-8H2,1-3H3. The largest absolute Gasteiger partial charge is 0.382 e. The van der Waals surface area contributed by atoms with E-state index in [2.05, 4.69) is 6.92 Å². The minimum atomic E-state index is -3.43. The van der Waals surface area contributed by atoms with Crippen molar-refractivity contribution in [3.63, 3.8) is 0 Å². The molecule has 0 N–H and O–H groups in total. The Hall–Kier alpha value is -1.03. The Morgan fingerprint density at radius 3 is 2.44 bits per heavy atom. The molecule has 0 saturated carbocycles. The molecular formula is C14H22O3S. The molecule has 0 aliphatic rings. The Kier molecular flexibility index (Phi) is 5.66. The van der Waals surface area contributed by atoms with Crippen LogP contribution in [0.15, 0.2) is 18.2 Å². The fraction of sp³-hybridized carbons (Fsp3) is 0.571. The average molecular weight is 270 g/mol. The predicted octanol–water partition coefficient (Wildman–Crippen LogP) is 3.46. The highest BCUT2D eigenvalue weighted by Gasteiger charge is 2.11. The summed E-state index contributed by atoms with van der Waals surface area (Å²) in [5.74, 6) is 0.432. The van der Waals surface area contributed by atoms with Crippen LogP contribution >= 0.6 is 0 Å². The summed E-state index contributed by atoms with van der Waals surface area (Å²) < 4.78 is 27.8. The van der Waals surface area contributed by atoms with Gasteiger partial charge in [0.1, 0.15) is 5.75 Å². The number of unbranched alkanes of at least 4 members (excludes halogenated alkanes) is 2. The molecule has 0 aliphatic heterocycles. The minimum Gasteiger partial charge on any atom is -0.382 e. The second kappa shape index (κ2) is 6.78. The molecule has 1 rings (SSSR count). The maximum atomic E-state index is 11.4. The van der Waals surface area contributed by atoms with E-state index >= 15 is 0 Å². The molecule has 0 radical (unpaired) electrons. The van der Waals surface area contributed by atoms with E-state index in [0.717, 1.165) is 12.0 Å². The van der Waals surface area contributed by atoms with Crippen molar-refractivity contribution >= 4 is 10.1 Å². The predicted molar refractivity (Wildman–Crippen MR) is 74.5 cm³/mol. The number of hydrogen-bond acceptors (Lipinski definition) is 3. The van der Waals surface area contributed by atoms with Gasteiger partial charge in [-0.15, -0.1) is 0 Å². The van der Waals surface area contributed by atoms with Gasteiger partial charge in [0, 0.05) is 0 Å². The third-order valence-corrected chi connectivity index (χ3v) is 4.02. The maximum absolute atomic E-state index is 11.4. The van der Waals surface area contributed by atoms with E-state index in [9.17, 15) is 8.42 Å². The molecular weight excluding hydrogens is 248 g/mol. The van der Waals surface area contributed by atoms with E-state index in [1.807, 2.05) is 19.1 Å². The molecule has 3 nitrogen and oxygen atoms in total. The van der Waals surface area contributed by atoms with Crippen LogP contribution in [0.4, 0.5) is 0 Å². The van der Waals surface area contributed by atoms with Gasteiger partial charge in [-0.2, -0.15) is 8.42 Å². The van der Waals surface area contributed by atoms with Crippen LogP contribution in [0.1, 0.15) is 44.2 Å². The second-order valence-electron chi connectivity index (χ2n) is 4.49. The highest BCUT2D eigenvalue weighted by atomic mass is 32.2. The van der Waals surface area contributed by atoms with Crippen LogP contribution in [0, 0.1) is 6.92 Å². The average Bonchev–Trinajstić information content (AvgIpc) is 2.33. The third kappa shape index (κ3) is 4.69. The first-order chi connectivity index (χ1) is 8.48. The molecule has 1 aromatic rings. The molecule has 0 unspecified atom stereocenters. The van der Waals surface area contributed by atoms with Gasteiger partial charge in [0.2, 0.25) is 0 Å². The van der Waals surface area contributed by atoms with Crippen LogP contribution in [-0.4, -0.2) is 14.2 Å². The zero-order chi connectivity index (χ0) is 13.6. The third-order valence-electron chi connectivity index (χ3n) is 2.88. The lowest BCUT2D eigenvalue weighted by Gasteiger charge is -2.09. The fourth-order valence-electron chi connectivity index (χ4n) is 1.74. The van der Waals surface area contributed by atoms with Gasteiger partial charge in [-0.05, 0) is 43.9 Å². The van der Waals surface area contributed by atoms with Crippen molar-refractivity contribution in [3.8, 4) is 5.75 Å². The zero-order valence-corrected chi connectivity index (χ0v) is 12.2. The molecule has 0 atom stereocenters. The monoisotopic (exact) mass is 270 g/mol. The van der Waals surface area contributed by atoms with Crippen molar-refractivity contribution in [1.82, 2.24) is 0 Å². The van der Waals surface area contributed by atoms with Crippen molar-refractivity contribution in [2.24, 2.45) is 0 Å². The number of rotatable bonds is 7. The highest BCUT2D eigenvalue weighted by Crippen LogP contribution is 2.22. The smallest absolute Gasteiger partial charge is 0.308 e. The van der Waals surface area contributed by atoms with Crippen LogP contribution in [0.25, 0.3) is 0 Å². The van der Waals surface area contributed by atoms with E-state index in [0.29, 0.717) is 5.75 Å². The summed E-state index contributed by atoms with van der Waals surface area (Å²) in [5, 5.41) is 0. The van der Waals surface area contributed by atoms with Crippen molar-refractivity contribution in [2.45, 2.75) is 46.5 Å². The lowest BCUT2D eigenvalue weighted by molar-refractivity contribution is 0.485. The molecule has 4 heteroatoms. The zero-order valence-electron chi connectivity index (χ0n) is 11.4. The Balaban J connectivity index is 2.74. The first-order valence-corrected chi connectivity index (χ1v) is 8.08. The molecule has 102 valence electrons. The SMILES string of the molecule is CCCCCc1ccc(OS(=O)(=O)CC)c(C)c1. The summed E-state index contributed by atoms with van der Waals surface area (Å²) in [6.07, 6.45) is 4.63. The second-order valence-corrected chi connectivity index (χ2v) is 6.35. The molecule has 0 saturated heterocycles. The van der Waals surface area contributed by atoms with Crippen LogP contribution in [0.2, 0.25) is 0 Å². The van der Waals surface area contributed by atoms with Crippen LogP contribution < -0.4 is 4.18 Å². The van der Waals surface area contributed by atoms with Crippen LogP contribution in [0.3, 0.4) is 0 Å². The number of benzene rings is 1. The van der Waals surface area contributed by atoms with Crippen molar-refractivity contribution in [2.75, 3.05) is 5.75 Å². The summed E-state index contributed by atoms with van der Waals surface area (Å²) in [6.45, 7) is 5.63. The lowest BCUT2D eigenvalue weighted by Crippen LogP contribution is -2.12. The maximum Gasteiger partial charge on any atom is 0.308 e. The summed E-state index contributed by atoms with van der Waals surface area (Å²) >= 11 is 0. The quantitative estimate of drug-likeness (QED) is 0.563. The molecule has 0 aliphatic carbocycles. The summed E-state index contributed by atoms with van der Waals surface area (Å²) in [6, 6.07) is 5.71. The molecule has 18 heavy (non-hydrogen) atoms. The lowest BCUT2D eigenvalue weighted by atomic mass is 10.0. The molecule has 1 aromatic carbocycles. The molecule has 0 bridgehead atoms. The Labute approximate surface area is 110 Å². The molecule has 0 spiro atoms. The van der Waals surface area contributed by atoms with Crippen molar-refractivity contribution < 1.29 is 12.6 Å². The minimum absolute atomic E-state index is 0.00923. The first-order valence-electron chi connectivity index (χ1n) is 6.50. The molecule has 0 aromatic heterocycles. The van der Waals surface area contributed by atoms with Gasteiger partial charge >= 0.3 is 10.1 Å². The van der Waals surface area contributed by atoms with Gasteiger partial charge in [0.05, 0.1) is 5.75 Å². The van der Waals surface area contributed by atoms with Crippen LogP contribution in [-0.2, 0) is 16.5 Å². The van der Waals surface area contributed by atoms with Gasteiger partial charge < -0.3 is 4.18 Å². The van der Waals surface area contributed by atoms with Crippen molar-refractivity contribution in [3.05, 3.63) is 29.3 Å². The van der Waals surface area contributed by atoms with E-state index in [1.54, 1.807) is 13.0 Å². The highest BCUT2D eigenvalue weighted by molar-refractivity contribution is 7.87. The normalized spacial score (nSPS) is 11.5. The summed E-state index contributed by atoms with van der Waals surface area (Å²) in [7, 11) is -3.43. The summed E-state index contributed by atoms with van der Waals surface area (Å²) in [4.78, 5) is 0. The van der Waals surface area contributed by atoms with Crippen molar-refractivity contribution in [1.29, 1.82) is 0 Å². The fourth-order valence-corrected chi connectivity index (χ4v) is 2.31. The molecule has 0 heterocycles. The van der Waals surface area contributed by atoms with Crippen LogP contribution in [0.5, 0.6) is 5.75 Å². The van der Waals surface area contributed by atoms with Gasteiger partial charge in [-0.25, -0.2) is 0 Å². The Morgan fingerprint density at radius 1 is 1.17 bits per heavy atom. The molecule has 0 amide bonds. The van der Waals surface area contributed by atoms with E-state index < -0.39 is 10.1 Å². The van der Waals surface area contributed by atoms with Gasteiger partial charge in [0.25, 0.3) is 0 Å².